The van der Waals surface area contributed by atoms with Crippen molar-refractivity contribution in [1.29, 1.82) is 0 Å². The number of carbonyl (C=O) groups excluding carboxylic acids is 1. The number of piperazine rings is 1. The van der Waals surface area contributed by atoms with Crippen LogP contribution in [-0.4, -0.2) is 67.1 Å². The Kier molecular flexibility index (Phi) is 6.33. The maximum absolute atomic E-state index is 13.5. The van der Waals surface area contributed by atoms with Crippen molar-refractivity contribution < 1.29 is 9.21 Å². The molecule has 0 bridgehead atoms. The molecule has 0 unspecified atom stereocenters. The van der Waals surface area contributed by atoms with Crippen molar-refractivity contribution in [3.8, 4) is 0 Å². The number of tetrazole rings is 1. The summed E-state index contributed by atoms with van der Waals surface area (Å²) in [7, 11) is 0. The number of carbonyl (C=O) groups is 1. The molecule has 37 heavy (non-hydrogen) atoms. The Balaban J connectivity index is 1.38. The van der Waals surface area contributed by atoms with Crippen LogP contribution in [0.25, 0.3) is 10.9 Å². The van der Waals surface area contributed by atoms with Crippen molar-refractivity contribution in [3.05, 3.63) is 75.7 Å². The first-order valence-electron chi connectivity index (χ1n) is 13.1. The number of rotatable bonds is 6. The predicted molar refractivity (Wildman–Crippen MR) is 137 cm³/mol. The first-order valence-corrected chi connectivity index (χ1v) is 13.1. The Morgan fingerprint density at radius 3 is 2.68 bits per heavy atom. The van der Waals surface area contributed by atoms with E-state index in [1.54, 1.807) is 17.0 Å². The normalized spacial score (nSPS) is 18.0. The fourth-order valence-corrected chi connectivity index (χ4v) is 5.72. The van der Waals surface area contributed by atoms with Crippen molar-refractivity contribution in [2.24, 2.45) is 0 Å². The number of benzene rings is 1. The Morgan fingerprint density at radius 1 is 1.14 bits per heavy atom. The summed E-state index contributed by atoms with van der Waals surface area (Å²) in [6.45, 7) is 4.33. The number of hydrogen-bond donors (Lipinski definition) is 1. The average molecular weight is 502 g/mol. The molecule has 1 amide bonds. The number of H-pyrrole nitrogens is 1. The van der Waals surface area contributed by atoms with Crippen LogP contribution in [0.5, 0.6) is 0 Å². The minimum absolute atomic E-state index is 0.118. The largest absolute Gasteiger partial charge is 0.459 e. The number of pyridine rings is 1. The van der Waals surface area contributed by atoms with Gasteiger partial charge in [-0.3, -0.25) is 14.5 Å². The van der Waals surface area contributed by atoms with Gasteiger partial charge in [0.1, 0.15) is 6.04 Å². The summed E-state index contributed by atoms with van der Waals surface area (Å²) < 4.78 is 7.25. The van der Waals surface area contributed by atoms with Crippen LogP contribution < -0.4 is 5.56 Å². The van der Waals surface area contributed by atoms with Gasteiger partial charge in [-0.2, -0.15) is 0 Å². The van der Waals surface area contributed by atoms with E-state index in [1.807, 2.05) is 22.9 Å². The van der Waals surface area contributed by atoms with Crippen LogP contribution in [0.3, 0.4) is 0 Å². The molecule has 1 saturated heterocycles. The van der Waals surface area contributed by atoms with Gasteiger partial charge in [-0.1, -0.05) is 25.8 Å². The molecule has 0 spiro atoms. The second-order valence-corrected chi connectivity index (χ2v) is 9.96. The summed E-state index contributed by atoms with van der Waals surface area (Å²) in [6, 6.07) is 11.4. The Labute approximate surface area is 214 Å². The van der Waals surface area contributed by atoms with E-state index in [9.17, 15) is 9.59 Å². The van der Waals surface area contributed by atoms with Crippen LogP contribution in [0.15, 0.2) is 51.9 Å². The number of amides is 1. The lowest BCUT2D eigenvalue weighted by molar-refractivity contribution is 0.0557. The van der Waals surface area contributed by atoms with E-state index in [0.29, 0.717) is 43.3 Å². The molecule has 1 aliphatic heterocycles. The monoisotopic (exact) mass is 501 g/mol. The number of furan rings is 1. The van der Waals surface area contributed by atoms with Crippen molar-refractivity contribution >= 4 is 16.8 Å². The van der Waals surface area contributed by atoms with E-state index in [1.165, 1.54) is 11.8 Å². The van der Waals surface area contributed by atoms with E-state index in [-0.39, 0.29) is 17.5 Å². The zero-order chi connectivity index (χ0) is 25.4. The van der Waals surface area contributed by atoms with Gasteiger partial charge in [-0.05, 0) is 71.0 Å². The highest BCUT2D eigenvalue weighted by Gasteiger charge is 2.35. The maximum atomic E-state index is 13.5. The molecule has 4 heterocycles. The van der Waals surface area contributed by atoms with Gasteiger partial charge >= 0.3 is 0 Å². The highest BCUT2D eigenvalue weighted by molar-refractivity contribution is 5.91. The molecule has 192 valence electrons. The van der Waals surface area contributed by atoms with Crippen molar-refractivity contribution in [2.75, 3.05) is 26.2 Å². The standard InChI is InChI=1S/C27H31N7O3/c1-2-18-9-10-22-19(16-18)17-21(26(35)28-22)24(25-29-30-31-34(25)20-6-3-4-7-20)32-11-13-33(14-12-32)27(36)23-8-5-15-37-23/h5,8-10,15-17,20,24H,2-4,6-7,11-14H2,1H3,(H,28,35)/t24-/m1/s1. The van der Waals surface area contributed by atoms with Crippen molar-refractivity contribution in [2.45, 2.75) is 51.1 Å². The minimum atomic E-state index is -0.421. The number of aromatic nitrogens is 5. The van der Waals surface area contributed by atoms with Gasteiger partial charge in [0.15, 0.2) is 11.6 Å². The summed E-state index contributed by atoms with van der Waals surface area (Å²) in [5, 5.41) is 13.9. The van der Waals surface area contributed by atoms with Crippen molar-refractivity contribution in [1.82, 2.24) is 35.0 Å². The SMILES string of the molecule is CCc1ccc2[nH]c(=O)c([C@H](c3nnnn3C3CCCC3)N3CCN(C(=O)c4ccco4)CC3)cc2c1. The van der Waals surface area contributed by atoms with E-state index in [4.69, 9.17) is 4.42 Å². The van der Waals surface area contributed by atoms with E-state index in [2.05, 4.69) is 38.4 Å². The minimum Gasteiger partial charge on any atom is -0.459 e. The Hall–Kier alpha value is -3.79. The van der Waals surface area contributed by atoms with Gasteiger partial charge in [0.05, 0.1) is 12.3 Å². The summed E-state index contributed by atoms with van der Waals surface area (Å²) in [6.07, 6.45) is 6.79. The topological polar surface area (TPSA) is 113 Å². The van der Waals surface area contributed by atoms with Gasteiger partial charge in [0.2, 0.25) is 0 Å². The van der Waals surface area contributed by atoms with Crippen LogP contribution in [-0.2, 0) is 6.42 Å². The van der Waals surface area contributed by atoms with Gasteiger partial charge in [-0.15, -0.1) is 5.10 Å². The highest BCUT2D eigenvalue weighted by atomic mass is 16.3. The van der Waals surface area contributed by atoms with Crippen LogP contribution in [0.2, 0.25) is 0 Å². The number of fused-ring (bicyclic) bond motifs is 1. The molecule has 1 N–H and O–H groups in total. The third-order valence-electron chi connectivity index (χ3n) is 7.77. The molecule has 2 fully saturated rings. The third kappa shape index (κ3) is 4.46. The van der Waals surface area contributed by atoms with Crippen LogP contribution in [0, 0.1) is 0 Å². The second kappa shape index (κ2) is 9.93. The molecule has 1 atom stereocenters. The Morgan fingerprint density at radius 2 is 1.95 bits per heavy atom. The first-order chi connectivity index (χ1) is 18.1. The lowest BCUT2D eigenvalue weighted by atomic mass is 10.0. The molecule has 0 radical (unpaired) electrons. The fourth-order valence-electron chi connectivity index (χ4n) is 5.72. The van der Waals surface area contributed by atoms with Crippen LogP contribution in [0.4, 0.5) is 0 Å². The predicted octanol–water partition coefficient (Wildman–Crippen LogP) is 3.33. The van der Waals surface area contributed by atoms with Crippen LogP contribution in [0.1, 0.15) is 72.2 Å². The number of hydrogen-bond acceptors (Lipinski definition) is 7. The molecule has 10 nitrogen and oxygen atoms in total. The van der Waals surface area contributed by atoms with Gasteiger partial charge < -0.3 is 14.3 Å². The molecule has 6 rings (SSSR count). The first kappa shape index (κ1) is 23.6. The number of nitrogens with zero attached hydrogens (tertiary/aromatic N) is 6. The summed E-state index contributed by atoms with van der Waals surface area (Å²) >= 11 is 0. The lowest BCUT2D eigenvalue weighted by Crippen LogP contribution is -2.50. The smallest absolute Gasteiger partial charge is 0.289 e. The molecular formula is C27H31N7O3. The number of aryl methyl sites for hydroxylation is 1. The van der Waals surface area contributed by atoms with E-state index in [0.717, 1.165) is 43.0 Å². The molecule has 3 aromatic heterocycles. The zero-order valence-electron chi connectivity index (χ0n) is 21.0. The van der Waals surface area contributed by atoms with Gasteiger partial charge in [0.25, 0.3) is 11.5 Å². The summed E-state index contributed by atoms with van der Waals surface area (Å²) in [5.41, 5.74) is 2.51. The summed E-state index contributed by atoms with van der Waals surface area (Å²) in [4.78, 5) is 33.4. The number of nitrogens with one attached hydrogen (secondary N) is 1. The molecule has 4 aromatic rings. The van der Waals surface area contributed by atoms with E-state index < -0.39 is 6.04 Å². The Bertz CT molecular complexity index is 1440. The fraction of sp³-hybridized carbons (Fsp3) is 0.444. The average Bonchev–Trinajstić information content (AvgIpc) is 3.72. The quantitative estimate of drug-likeness (QED) is 0.431. The van der Waals surface area contributed by atoms with Gasteiger partial charge in [0, 0.05) is 37.3 Å². The molecule has 1 saturated carbocycles. The molecule has 2 aliphatic rings. The molecule has 1 aliphatic carbocycles. The zero-order valence-corrected chi connectivity index (χ0v) is 21.0. The number of aromatic amines is 1. The van der Waals surface area contributed by atoms with Crippen molar-refractivity contribution in [3.63, 3.8) is 0 Å². The molecular weight excluding hydrogens is 470 g/mol. The lowest BCUT2D eigenvalue weighted by Gasteiger charge is -2.38. The summed E-state index contributed by atoms with van der Waals surface area (Å²) in [5.74, 6) is 0.912. The second-order valence-electron chi connectivity index (χ2n) is 9.96. The molecule has 10 heteroatoms. The van der Waals surface area contributed by atoms with E-state index >= 15 is 0 Å². The van der Waals surface area contributed by atoms with Crippen LogP contribution >= 0.6 is 0 Å². The third-order valence-corrected chi connectivity index (χ3v) is 7.77. The maximum Gasteiger partial charge on any atom is 0.289 e. The highest BCUT2D eigenvalue weighted by Crippen LogP contribution is 2.34. The van der Waals surface area contributed by atoms with Gasteiger partial charge in [-0.25, -0.2) is 4.68 Å². The molecule has 1 aromatic carbocycles.